The normalized spacial score (nSPS) is 11.0. The van der Waals surface area contributed by atoms with Gasteiger partial charge in [-0.25, -0.2) is 4.98 Å². The van der Waals surface area contributed by atoms with Crippen LogP contribution < -0.4 is 15.8 Å². The summed E-state index contributed by atoms with van der Waals surface area (Å²) in [5.74, 6) is -3.42. The van der Waals surface area contributed by atoms with Crippen LogP contribution in [0.3, 0.4) is 0 Å². The van der Waals surface area contributed by atoms with Gasteiger partial charge in [-0.2, -0.15) is 13.2 Å². The molecule has 2 amide bonds. The lowest BCUT2D eigenvalue weighted by molar-refractivity contribution is -0.153. The minimum Gasteiger partial charge on any atom is -0.503 e. The summed E-state index contributed by atoms with van der Waals surface area (Å²) in [4.78, 5) is 25.9. The van der Waals surface area contributed by atoms with Crippen LogP contribution in [0.15, 0.2) is 12.3 Å². The lowest BCUT2D eigenvalue weighted by Crippen LogP contribution is -2.35. The minimum atomic E-state index is -4.60. The molecule has 4 N–H and O–H groups in total. The van der Waals surface area contributed by atoms with Gasteiger partial charge in [0.15, 0.2) is 23.8 Å². The van der Waals surface area contributed by atoms with Gasteiger partial charge in [0, 0.05) is 12.3 Å². The average molecular weight is 293 g/mol. The molecular formula is C10H10F3N3O4. The molecule has 0 bridgehead atoms. The van der Waals surface area contributed by atoms with Crippen molar-refractivity contribution in [3.63, 3.8) is 0 Å². The summed E-state index contributed by atoms with van der Waals surface area (Å²) in [6, 6.07) is 0.947. The molecule has 10 heteroatoms. The average Bonchev–Trinajstić information content (AvgIpc) is 2.36. The Labute approximate surface area is 110 Å². The van der Waals surface area contributed by atoms with Gasteiger partial charge in [-0.05, 0) is 0 Å². The van der Waals surface area contributed by atoms with Crippen molar-refractivity contribution in [1.82, 2.24) is 10.3 Å². The Bertz CT molecular complexity index is 519. The van der Waals surface area contributed by atoms with Crippen molar-refractivity contribution in [1.29, 1.82) is 0 Å². The predicted molar refractivity (Wildman–Crippen MR) is 59.0 cm³/mol. The zero-order chi connectivity index (χ0) is 15.3. The number of aromatic nitrogens is 1. The van der Waals surface area contributed by atoms with Crippen molar-refractivity contribution in [3.8, 4) is 11.5 Å². The number of alkyl halides is 3. The Kier molecular flexibility index (Phi) is 4.86. The van der Waals surface area contributed by atoms with Crippen molar-refractivity contribution in [2.45, 2.75) is 6.18 Å². The lowest BCUT2D eigenvalue weighted by atomic mass is 10.3. The van der Waals surface area contributed by atoms with Gasteiger partial charge in [0.2, 0.25) is 5.91 Å². The number of halogens is 3. The lowest BCUT2D eigenvalue weighted by Gasteiger charge is -2.11. The van der Waals surface area contributed by atoms with E-state index in [0.29, 0.717) is 0 Å². The third-order valence-corrected chi connectivity index (χ3v) is 1.93. The van der Waals surface area contributed by atoms with E-state index in [-0.39, 0.29) is 0 Å². The summed E-state index contributed by atoms with van der Waals surface area (Å²) >= 11 is 0. The molecule has 0 fully saturated rings. The number of carbonyl (C=O) groups is 2. The molecule has 7 nitrogen and oxygen atoms in total. The number of hydrogen-bond donors (Lipinski definition) is 3. The molecule has 20 heavy (non-hydrogen) atoms. The fourth-order valence-corrected chi connectivity index (χ4v) is 1.12. The van der Waals surface area contributed by atoms with E-state index in [1.165, 1.54) is 0 Å². The smallest absolute Gasteiger partial charge is 0.422 e. The first-order chi connectivity index (χ1) is 9.24. The molecule has 1 aromatic rings. The monoisotopic (exact) mass is 293 g/mol. The molecular weight excluding hydrogens is 283 g/mol. The number of nitrogens with two attached hydrogens (primary N) is 1. The van der Waals surface area contributed by atoms with Gasteiger partial charge in [0.1, 0.15) is 0 Å². The molecule has 0 aliphatic heterocycles. The number of nitrogens with one attached hydrogen (secondary N) is 1. The van der Waals surface area contributed by atoms with Gasteiger partial charge in [-0.1, -0.05) is 0 Å². The topological polar surface area (TPSA) is 115 Å². The maximum absolute atomic E-state index is 12.0. The fourth-order valence-electron chi connectivity index (χ4n) is 1.12. The van der Waals surface area contributed by atoms with E-state index in [0.717, 1.165) is 12.3 Å². The molecule has 1 aromatic heterocycles. The number of rotatable bonds is 4. The summed E-state index contributed by atoms with van der Waals surface area (Å²) in [5.41, 5.74) is 4.32. The molecule has 110 valence electrons. The molecule has 0 aliphatic rings. The van der Waals surface area contributed by atoms with Crippen LogP contribution >= 0.6 is 0 Å². The van der Waals surface area contributed by atoms with Crippen LogP contribution in [0.5, 0.6) is 11.5 Å². The Morgan fingerprint density at radius 2 is 2.10 bits per heavy atom. The highest BCUT2D eigenvalue weighted by molar-refractivity contribution is 6.05. The molecule has 1 heterocycles. The largest absolute Gasteiger partial charge is 0.503 e. The molecule has 0 saturated carbocycles. The van der Waals surface area contributed by atoms with E-state index in [2.05, 4.69) is 9.72 Å². The third kappa shape index (κ3) is 4.39. The second kappa shape index (κ2) is 6.19. The van der Waals surface area contributed by atoms with Gasteiger partial charge in [0.05, 0.1) is 6.54 Å². The Hall–Kier alpha value is -2.36. The first-order valence-corrected chi connectivity index (χ1v) is 5.16. The van der Waals surface area contributed by atoms with Gasteiger partial charge in [-0.15, -0.1) is 0 Å². The number of aromatic hydroxyl groups is 1. The molecule has 0 aromatic carbocycles. The van der Waals surface area contributed by atoms with Crippen LogP contribution in [0.25, 0.3) is 0 Å². The number of carbonyl (C=O) groups excluding carboxylic acids is 2. The zero-order valence-corrected chi connectivity index (χ0v) is 9.90. The molecule has 0 radical (unpaired) electrons. The molecule has 0 atom stereocenters. The van der Waals surface area contributed by atoms with Crippen LogP contribution in [0.4, 0.5) is 13.2 Å². The van der Waals surface area contributed by atoms with Crippen molar-refractivity contribution < 1.29 is 32.6 Å². The standard InChI is InChI=1S/C10H10F3N3O4/c11-10(12,13)4-20-5-1-2-15-7(8(5)18)9(19)16-6(17)3-14/h1-2,18H,3-4,14H2,(H,16,17,19). The van der Waals surface area contributed by atoms with E-state index < -0.39 is 48.3 Å². The second-order valence-electron chi connectivity index (χ2n) is 3.49. The van der Waals surface area contributed by atoms with Crippen LogP contribution in [0.1, 0.15) is 10.5 Å². The van der Waals surface area contributed by atoms with E-state index in [1.54, 1.807) is 5.32 Å². The number of ether oxygens (including phenoxy) is 1. The van der Waals surface area contributed by atoms with Gasteiger partial charge in [-0.3, -0.25) is 14.9 Å². The molecule has 0 saturated heterocycles. The summed E-state index contributed by atoms with van der Waals surface area (Å²) in [6.45, 7) is -2.12. The highest BCUT2D eigenvalue weighted by Gasteiger charge is 2.29. The zero-order valence-electron chi connectivity index (χ0n) is 9.90. The minimum absolute atomic E-state index is 0.475. The maximum atomic E-state index is 12.0. The molecule has 0 aliphatic carbocycles. The van der Waals surface area contributed by atoms with Crippen molar-refractivity contribution in [3.05, 3.63) is 18.0 Å². The van der Waals surface area contributed by atoms with E-state index in [1.807, 2.05) is 0 Å². The van der Waals surface area contributed by atoms with Crippen LogP contribution in [-0.4, -0.2) is 41.2 Å². The van der Waals surface area contributed by atoms with E-state index in [9.17, 15) is 27.9 Å². The third-order valence-electron chi connectivity index (χ3n) is 1.93. The van der Waals surface area contributed by atoms with Gasteiger partial charge in [0.25, 0.3) is 5.91 Å². The van der Waals surface area contributed by atoms with E-state index in [4.69, 9.17) is 5.73 Å². The van der Waals surface area contributed by atoms with E-state index >= 15 is 0 Å². The fraction of sp³-hybridized carbons (Fsp3) is 0.300. The second-order valence-corrected chi connectivity index (χ2v) is 3.49. The molecule has 0 spiro atoms. The Morgan fingerprint density at radius 1 is 1.45 bits per heavy atom. The Morgan fingerprint density at radius 3 is 2.65 bits per heavy atom. The number of amides is 2. The highest BCUT2D eigenvalue weighted by atomic mass is 19.4. The summed E-state index contributed by atoms with van der Waals surface area (Å²) in [5, 5.41) is 11.4. The van der Waals surface area contributed by atoms with Crippen LogP contribution in [0, 0.1) is 0 Å². The predicted octanol–water partition coefficient (Wildman–Crippen LogP) is -0.0566. The first kappa shape index (κ1) is 15.7. The number of hydrogen-bond acceptors (Lipinski definition) is 6. The van der Waals surface area contributed by atoms with Crippen LogP contribution in [-0.2, 0) is 4.79 Å². The first-order valence-electron chi connectivity index (χ1n) is 5.16. The quantitative estimate of drug-likeness (QED) is 0.716. The van der Waals surface area contributed by atoms with Gasteiger partial charge < -0.3 is 15.6 Å². The maximum Gasteiger partial charge on any atom is 0.422 e. The van der Waals surface area contributed by atoms with Crippen LogP contribution in [0.2, 0.25) is 0 Å². The highest BCUT2D eigenvalue weighted by Crippen LogP contribution is 2.29. The number of imide groups is 1. The SMILES string of the molecule is NCC(=O)NC(=O)c1nccc(OCC(F)(F)F)c1O. The summed E-state index contributed by atoms with van der Waals surface area (Å²) < 4.78 is 40.3. The van der Waals surface area contributed by atoms with Crippen molar-refractivity contribution in [2.75, 3.05) is 13.2 Å². The van der Waals surface area contributed by atoms with Crippen molar-refractivity contribution in [2.24, 2.45) is 5.73 Å². The Balaban J connectivity index is 2.89. The molecule has 1 rings (SSSR count). The van der Waals surface area contributed by atoms with Gasteiger partial charge >= 0.3 is 6.18 Å². The number of pyridine rings is 1. The van der Waals surface area contributed by atoms with Crippen molar-refractivity contribution >= 4 is 11.8 Å². The molecule has 0 unspecified atom stereocenters. The summed E-state index contributed by atoms with van der Waals surface area (Å²) in [7, 11) is 0. The summed E-state index contributed by atoms with van der Waals surface area (Å²) in [6.07, 6.45) is -3.65. The number of nitrogens with zero attached hydrogens (tertiary/aromatic N) is 1.